The predicted octanol–water partition coefficient (Wildman–Crippen LogP) is 3.00. The van der Waals surface area contributed by atoms with Crippen LogP contribution < -0.4 is 10.0 Å². The lowest BCUT2D eigenvalue weighted by Crippen LogP contribution is -2.52. The van der Waals surface area contributed by atoms with Gasteiger partial charge >= 0.3 is 0 Å². The van der Waals surface area contributed by atoms with Crippen LogP contribution in [0.1, 0.15) is 53.3 Å². The van der Waals surface area contributed by atoms with Crippen LogP contribution in [0.15, 0.2) is 34.9 Å². The van der Waals surface area contributed by atoms with Gasteiger partial charge in [0, 0.05) is 42.9 Å². The van der Waals surface area contributed by atoms with Gasteiger partial charge in [-0.2, -0.15) is 0 Å². The highest BCUT2D eigenvalue weighted by Gasteiger charge is 2.39. The van der Waals surface area contributed by atoms with Gasteiger partial charge in [0.2, 0.25) is 12.1 Å². The number of aromatic nitrogens is 1. The first-order valence-corrected chi connectivity index (χ1v) is 13.0. The molecule has 3 aliphatic rings. The zero-order valence-electron chi connectivity index (χ0n) is 19.4. The topological polar surface area (TPSA) is 59.7 Å². The third-order valence-electron chi connectivity index (χ3n) is 7.60. The number of nitrogens with one attached hydrogen (secondary N) is 1. The molecular formula is C26H34BrN4O2+. The van der Waals surface area contributed by atoms with E-state index in [1.807, 2.05) is 0 Å². The number of nitrogens with zero attached hydrogens (tertiary/aromatic N) is 3. The number of aryl methyl sites for hydroxylation is 3. The minimum atomic E-state index is -0.0159. The number of amides is 1. The molecule has 5 rings (SSSR count). The molecule has 2 aromatic rings. The Bertz CT molecular complexity index is 1030. The van der Waals surface area contributed by atoms with Crippen LogP contribution in [0.3, 0.4) is 0 Å². The Balaban J connectivity index is 1.38. The Labute approximate surface area is 204 Å². The molecule has 6 nitrogen and oxygen atoms in total. The van der Waals surface area contributed by atoms with Gasteiger partial charge in [0.25, 0.3) is 5.69 Å². The zero-order chi connectivity index (χ0) is 22.9. The molecule has 0 spiro atoms. The van der Waals surface area contributed by atoms with E-state index in [1.165, 1.54) is 27.0 Å². The fourth-order valence-electron chi connectivity index (χ4n) is 5.81. The number of carbonyl (C=O) groups is 1. The van der Waals surface area contributed by atoms with Crippen molar-refractivity contribution in [2.24, 2.45) is 5.92 Å². The molecule has 2 aliphatic heterocycles. The van der Waals surface area contributed by atoms with Crippen molar-refractivity contribution in [1.82, 2.24) is 15.1 Å². The molecule has 1 amide bonds. The van der Waals surface area contributed by atoms with E-state index in [-0.39, 0.29) is 6.04 Å². The first-order valence-electron chi connectivity index (χ1n) is 12.2. The van der Waals surface area contributed by atoms with Crippen molar-refractivity contribution in [1.29, 1.82) is 0 Å². The average molecular weight is 514 g/mol. The second kappa shape index (κ2) is 9.72. The molecule has 0 saturated carbocycles. The number of halogens is 1. The first kappa shape index (κ1) is 22.8. The van der Waals surface area contributed by atoms with Crippen LogP contribution in [0.4, 0.5) is 0 Å². The van der Waals surface area contributed by atoms with Gasteiger partial charge in [0.05, 0.1) is 4.47 Å². The molecule has 176 valence electrons. The Hall–Kier alpha value is -1.96. The number of rotatable bonds is 3. The van der Waals surface area contributed by atoms with Crippen LogP contribution in [-0.2, 0) is 17.6 Å². The van der Waals surface area contributed by atoms with Crippen molar-refractivity contribution in [2.45, 2.75) is 45.1 Å². The standard InChI is InChI=1S/C26H34BrN4O2/c1-18-2-5-23-20(14-18)3-4-21-16-22(27)17-31(33)25(21)26(23)30-12-10-29(11-13-30)24(32)15-19-6-8-28-9-7-19/h2,5,14,16-17,19,26,28,33H,3-4,6-13,15H2,1H3/q+1. The van der Waals surface area contributed by atoms with E-state index in [2.05, 4.69) is 62.2 Å². The highest BCUT2D eigenvalue weighted by Crippen LogP contribution is 2.36. The number of piperidine rings is 1. The summed E-state index contributed by atoms with van der Waals surface area (Å²) in [5.41, 5.74) is 6.03. The van der Waals surface area contributed by atoms with Crippen molar-refractivity contribution in [3.8, 4) is 0 Å². The van der Waals surface area contributed by atoms with E-state index in [1.54, 1.807) is 6.20 Å². The van der Waals surface area contributed by atoms with E-state index >= 15 is 0 Å². The lowest BCUT2D eigenvalue weighted by atomic mass is 9.93. The lowest BCUT2D eigenvalue weighted by Gasteiger charge is -2.39. The summed E-state index contributed by atoms with van der Waals surface area (Å²) in [4.78, 5) is 17.5. The van der Waals surface area contributed by atoms with Gasteiger partial charge in [-0.25, -0.2) is 0 Å². The molecule has 33 heavy (non-hydrogen) atoms. The molecule has 0 bridgehead atoms. The third kappa shape index (κ3) is 4.81. The second-order valence-corrected chi connectivity index (χ2v) is 10.7. The van der Waals surface area contributed by atoms with Crippen molar-refractivity contribution in [3.05, 3.63) is 62.9 Å². The van der Waals surface area contributed by atoms with Crippen LogP contribution in [0.2, 0.25) is 0 Å². The fraction of sp³-hybridized carbons (Fsp3) is 0.538. The minimum absolute atomic E-state index is 0.0159. The normalized spacial score (nSPS) is 21.9. The molecule has 1 atom stereocenters. The summed E-state index contributed by atoms with van der Waals surface area (Å²) in [6.45, 7) is 7.32. The van der Waals surface area contributed by atoms with Gasteiger partial charge in [-0.15, -0.1) is 0 Å². The van der Waals surface area contributed by atoms with Gasteiger partial charge in [-0.05, 0) is 84.7 Å². The van der Waals surface area contributed by atoms with Gasteiger partial charge < -0.3 is 10.2 Å². The van der Waals surface area contributed by atoms with E-state index in [0.29, 0.717) is 18.2 Å². The number of hydrogen-bond donors (Lipinski definition) is 2. The maximum atomic E-state index is 13.0. The smallest absolute Gasteiger partial charge is 0.258 e. The van der Waals surface area contributed by atoms with Crippen LogP contribution in [0.25, 0.3) is 0 Å². The summed E-state index contributed by atoms with van der Waals surface area (Å²) >= 11 is 3.55. The van der Waals surface area contributed by atoms with E-state index in [9.17, 15) is 10.0 Å². The van der Waals surface area contributed by atoms with E-state index < -0.39 is 0 Å². The zero-order valence-corrected chi connectivity index (χ0v) is 21.0. The Morgan fingerprint density at radius 2 is 1.85 bits per heavy atom. The van der Waals surface area contributed by atoms with E-state index in [0.717, 1.165) is 75.1 Å². The number of piperazine rings is 1. The number of carbonyl (C=O) groups excluding carboxylic acids is 1. The summed E-state index contributed by atoms with van der Waals surface area (Å²) in [7, 11) is 0. The first-order chi connectivity index (χ1) is 16.0. The van der Waals surface area contributed by atoms with Crippen molar-refractivity contribution < 1.29 is 14.7 Å². The summed E-state index contributed by atoms with van der Waals surface area (Å²) in [5.74, 6) is 0.826. The summed E-state index contributed by atoms with van der Waals surface area (Å²) in [5, 5.41) is 14.3. The molecule has 1 aromatic carbocycles. The number of hydrogen-bond acceptors (Lipinski definition) is 4. The Morgan fingerprint density at radius 3 is 2.61 bits per heavy atom. The highest BCUT2D eigenvalue weighted by molar-refractivity contribution is 9.10. The van der Waals surface area contributed by atoms with Gasteiger partial charge in [-0.3, -0.25) is 14.9 Å². The maximum absolute atomic E-state index is 13.0. The molecule has 0 radical (unpaired) electrons. The molecule has 2 saturated heterocycles. The number of fused-ring (bicyclic) bond motifs is 2. The summed E-state index contributed by atoms with van der Waals surface area (Å²) in [6, 6.07) is 8.84. The van der Waals surface area contributed by atoms with Gasteiger partial charge in [-0.1, -0.05) is 23.8 Å². The monoisotopic (exact) mass is 513 g/mol. The summed E-state index contributed by atoms with van der Waals surface area (Å²) < 4.78 is 2.20. The molecule has 3 heterocycles. The molecule has 7 heteroatoms. The SMILES string of the molecule is Cc1ccc2c(c1)CCc1cc(Br)c[n+](O)c1C2N1CCN(C(=O)CC2CCNCC2)CC1. The van der Waals surface area contributed by atoms with Crippen molar-refractivity contribution in [2.75, 3.05) is 39.3 Å². The van der Waals surface area contributed by atoms with Gasteiger partial charge in [0.1, 0.15) is 6.04 Å². The van der Waals surface area contributed by atoms with Gasteiger partial charge in [0.15, 0.2) is 0 Å². The largest absolute Gasteiger partial charge is 0.340 e. The van der Waals surface area contributed by atoms with E-state index in [4.69, 9.17) is 0 Å². The number of pyridine rings is 1. The van der Waals surface area contributed by atoms with Crippen molar-refractivity contribution >= 4 is 21.8 Å². The summed E-state index contributed by atoms with van der Waals surface area (Å²) in [6.07, 6.45) is 6.49. The second-order valence-electron chi connectivity index (χ2n) is 9.83. The Kier molecular flexibility index (Phi) is 6.72. The fourth-order valence-corrected chi connectivity index (χ4v) is 6.28. The van der Waals surface area contributed by atoms with Crippen LogP contribution in [0, 0.1) is 12.8 Å². The predicted molar refractivity (Wildman–Crippen MR) is 130 cm³/mol. The molecular weight excluding hydrogens is 480 g/mol. The van der Waals surface area contributed by atoms with Crippen LogP contribution in [-0.4, -0.2) is 60.2 Å². The lowest BCUT2D eigenvalue weighted by molar-refractivity contribution is -0.911. The minimum Gasteiger partial charge on any atom is -0.340 e. The molecule has 2 fully saturated rings. The molecule has 1 aromatic heterocycles. The van der Waals surface area contributed by atoms with Crippen LogP contribution in [0.5, 0.6) is 0 Å². The quantitative estimate of drug-likeness (QED) is 0.489. The van der Waals surface area contributed by atoms with Crippen molar-refractivity contribution in [3.63, 3.8) is 0 Å². The maximum Gasteiger partial charge on any atom is 0.258 e. The highest BCUT2D eigenvalue weighted by atomic mass is 79.9. The Morgan fingerprint density at radius 1 is 1.12 bits per heavy atom. The molecule has 2 N–H and O–H groups in total. The van der Waals surface area contributed by atoms with Crippen LogP contribution >= 0.6 is 15.9 Å². The average Bonchev–Trinajstić information content (AvgIpc) is 2.96. The molecule has 1 unspecified atom stereocenters. The molecule has 1 aliphatic carbocycles. The third-order valence-corrected chi connectivity index (χ3v) is 8.04. The number of benzene rings is 1.